The number of benzene rings is 2. The molecule has 1 atom stereocenters. The average molecular weight is 325 g/mol. The lowest BCUT2D eigenvalue weighted by molar-refractivity contribution is 0.219. The highest BCUT2D eigenvalue weighted by Gasteiger charge is 2.15. The lowest BCUT2D eigenvalue weighted by atomic mass is 10.00. The van der Waals surface area contributed by atoms with Crippen molar-refractivity contribution >= 4 is 15.9 Å². The lowest BCUT2D eigenvalue weighted by Gasteiger charge is -2.15. The Labute approximate surface area is 120 Å². The van der Waals surface area contributed by atoms with E-state index in [0.29, 0.717) is 16.9 Å². The van der Waals surface area contributed by atoms with E-state index >= 15 is 0 Å². The Morgan fingerprint density at radius 2 is 1.95 bits per heavy atom. The van der Waals surface area contributed by atoms with Crippen molar-refractivity contribution in [2.24, 2.45) is 0 Å². The van der Waals surface area contributed by atoms with Gasteiger partial charge in [0.1, 0.15) is 17.7 Å². The molecule has 0 aliphatic carbocycles. The molecule has 2 aromatic rings. The summed E-state index contributed by atoms with van der Waals surface area (Å²) < 4.78 is 19.2. The predicted octanol–water partition coefficient (Wildman–Crippen LogP) is 3.99. The Morgan fingerprint density at radius 1 is 1.21 bits per heavy atom. The number of aliphatic hydroxyl groups excluding tert-OH is 1. The summed E-state index contributed by atoms with van der Waals surface area (Å²) in [6.45, 7) is 1.79. The molecule has 0 bridgehead atoms. The third-order valence-corrected chi connectivity index (χ3v) is 3.57. The first-order valence-electron chi connectivity index (χ1n) is 5.80. The Morgan fingerprint density at radius 3 is 2.53 bits per heavy atom. The minimum absolute atomic E-state index is 0.348. The fourth-order valence-corrected chi connectivity index (χ4v) is 2.53. The Balaban J connectivity index is 2.40. The minimum Gasteiger partial charge on any atom is -0.497 e. The number of aryl methyl sites for hydroxylation is 1. The molecule has 0 aliphatic heterocycles. The normalized spacial score (nSPS) is 12.3. The molecule has 4 heteroatoms. The molecule has 1 unspecified atom stereocenters. The van der Waals surface area contributed by atoms with Gasteiger partial charge in [0.05, 0.1) is 7.11 Å². The molecule has 1 N–H and O–H groups in total. The monoisotopic (exact) mass is 324 g/mol. The van der Waals surface area contributed by atoms with Crippen LogP contribution in [0.2, 0.25) is 0 Å². The van der Waals surface area contributed by atoms with Gasteiger partial charge in [-0.2, -0.15) is 0 Å². The van der Waals surface area contributed by atoms with Crippen molar-refractivity contribution in [2.45, 2.75) is 13.0 Å². The van der Waals surface area contributed by atoms with Crippen LogP contribution in [0.4, 0.5) is 4.39 Å². The molecule has 19 heavy (non-hydrogen) atoms. The summed E-state index contributed by atoms with van der Waals surface area (Å²) in [7, 11) is 1.58. The van der Waals surface area contributed by atoms with E-state index in [4.69, 9.17) is 4.74 Å². The lowest BCUT2D eigenvalue weighted by Crippen LogP contribution is -2.02. The molecule has 0 fully saturated rings. The quantitative estimate of drug-likeness (QED) is 0.925. The Bertz CT molecular complexity index is 578. The predicted molar refractivity (Wildman–Crippen MR) is 75.9 cm³/mol. The smallest absolute Gasteiger partial charge is 0.123 e. The number of hydrogen-bond donors (Lipinski definition) is 1. The molecule has 0 spiro atoms. The second-order valence-corrected chi connectivity index (χ2v) is 5.21. The molecule has 100 valence electrons. The van der Waals surface area contributed by atoms with Crippen LogP contribution in [-0.4, -0.2) is 12.2 Å². The van der Waals surface area contributed by atoms with Crippen LogP contribution in [0.1, 0.15) is 22.8 Å². The highest BCUT2D eigenvalue weighted by Crippen LogP contribution is 2.31. The molecular weight excluding hydrogens is 311 g/mol. The molecule has 2 rings (SSSR count). The molecule has 0 amide bonds. The third kappa shape index (κ3) is 3.14. The zero-order valence-electron chi connectivity index (χ0n) is 10.7. The molecule has 0 aromatic heterocycles. The summed E-state index contributed by atoms with van der Waals surface area (Å²) >= 11 is 3.39. The SMILES string of the molecule is COc1ccc(C(O)c2cc(C)cc(F)c2)c(Br)c1. The van der Waals surface area contributed by atoms with Gasteiger partial charge in [-0.1, -0.05) is 28.1 Å². The van der Waals surface area contributed by atoms with E-state index in [1.54, 1.807) is 38.3 Å². The average Bonchev–Trinajstić information content (AvgIpc) is 2.36. The highest BCUT2D eigenvalue weighted by molar-refractivity contribution is 9.10. The van der Waals surface area contributed by atoms with E-state index in [2.05, 4.69) is 15.9 Å². The van der Waals surface area contributed by atoms with Gasteiger partial charge in [0, 0.05) is 4.47 Å². The van der Waals surface area contributed by atoms with E-state index in [1.807, 2.05) is 0 Å². The van der Waals surface area contributed by atoms with Gasteiger partial charge >= 0.3 is 0 Å². The second kappa shape index (κ2) is 5.72. The van der Waals surface area contributed by atoms with E-state index in [0.717, 1.165) is 10.0 Å². The number of halogens is 2. The zero-order chi connectivity index (χ0) is 14.0. The Kier molecular flexibility index (Phi) is 4.22. The van der Waals surface area contributed by atoms with E-state index < -0.39 is 6.10 Å². The first-order chi connectivity index (χ1) is 9.01. The van der Waals surface area contributed by atoms with Crippen molar-refractivity contribution in [3.05, 3.63) is 63.4 Å². The van der Waals surface area contributed by atoms with Crippen molar-refractivity contribution in [1.82, 2.24) is 0 Å². The number of aliphatic hydroxyl groups is 1. The molecule has 2 aromatic carbocycles. The molecule has 0 heterocycles. The van der Waals surface area contributed by atoms with Crippen LogP contribution in [0.15, 0.2) is 40.9 Å². The maximum absolute atomic E-state index is 13.4. The first-order valence-corrected chi connectivity index (χ1v) is 6.59. The number of ether oxygens (including phenoxy) is 1. The Hall–Kier alpha value is -1.39. The number of rotatable bonds is 3. The number of hydrogen-bond acceptors (Lipinski definition) is 2. The van der Waals surface area contributed by atoms with Crippen molar-refractivity contribution in [3.8, 4) is 5.75 Å². The molecule has 0 radical (unpaired) electrons. The van der Waals surface area contributed by atoms with Crippen LogP contribution in [-0.2, 0) is 0 Å². The van der Waals surface area contributed by atoms with Gasteiger partial charge in [-0.15, -0.1) is 0 Å². The molecule has 0 aliphatic rings. The van der Waals surface area contributed by atoms with Crippen molar-refractivity contribution in [2.75, 3.05) is 7.11 Å². The van der Waals surface area contributed by atoms with E-state index in [1.165, 1.54) is 12.1 Å². The van der Waals surface area contributed by atoms with Crippen LogP contribution < -0.4 is 4.74 Å². The topological polar surface area (TPSA) is 29.5 Å². The van der Waals surface area contributed by atoms with Crippen molar-refractivity contribution < 1.29 is 14.2 Å². The molecular formula is C15H14BrFO2. The first kappa shape index (κ1) is 14.0. The summed E-state index contributed by atoms with van der Waals surface area (Å²) in [4.78, 5) is 0. The number of methoxy groups -OCH3 is 1. The van der Waals surface area contributed by atoms with Gasteiger partial charge in [0.15, 0.2) is 0 Å². The van der Waals surface area contributed by atoms with Crippen molar-refractivity contribution in [3.63, 3.8) is 0 Å². The molecule has 0 saturated heterocycles. The van der Waals surface area contributed by atoms with Gasteiger partial charge in [0.25, 0.3) is 0 Å². The minimum atomic E-state index is -0.880. The second-order valence-electron chi connectivity index (χ2n) is 4.35. The largest absolute Gasteiger partial charge is 0.497 e. The van der Waals surface area contributed by atoms with Crippen LogP contribution in [0, 0.1) is 12.7 Å². The van der Waals surface area contributed by atoms with Gasteiger partial charge in [-0.3, -0.25) is 0 Å². The van der Waals surface area contributed by atoms with Crippen LogP contribution in [0.25, 0.3) is 0 Å². The van der Waals surface area contributed by atoms with E-state index in [9.17, 15) is 9.50 Å². The van der Waals surface area contributed by atoms with Gasteiger partial charge in [-0.25, -0.2) is 4.39 Å². The maximum Gasteiger partial charge on any atom is 0.123 e. The molecule has 2 nitrogen and oxygen atoms in total. The van der Waals surface area contributed by atoms with Crippen LogP contribution in [0.5, 0.6) is 5.75 Å². The van der Waals surface area contributed by atoms with Crippen LogP contribution in [0.3, 0.4) is 0 Å². The maximum atomic E-state index is 13.4. The van der Waals surface area contributed by atoms with Crippen molar-refractivity contribution in [1.29, 1.82) is 0 Å². The highest BCUT2D eigenvalue weighted by atomic mass is 79.9. The summed E-state index contributed by atoms with van der Waals surface area (Å²) in [5.74, 6) is 0.344. The molecule has 0 saturated carbocycles. The summed E-state index contributed by atoms with van der Waals surface area (Å²) in [5, 5.41) is 10.3. The van der Waals surface area contributed by atoms with Gasteiger partial charge in [-0.05, 0) is 47.9 Å². The summed E-state index contributed by atoms with van der Waals surface area (Å²) in [5.41, 5.74) is 1.98. The van der Waals surface area contributed by atoms with Crippen LogP contribution >= 0.6 is 15.9 Å². The fourth-order valence-electron chi connectivity index (χ4n) is 1.96. The summed E-state index contributed by atoms with van der Waals surface area (Å²) in [6, 6.07) is 9.83. The fraction of sp³-hybridized carbons (Fsp3) is 0.200. The van der Waals surface area contributed by atoms with Gasteiger partial charge in [0.2, 0.25) is 0 Å². The van der Waals surface area contributed by atoms with E-state index in [-0.39, 0.29) is 5.82 Å². The summed E-state index contributed by atoms with van der Waals surface area (Å²) in [6.07, 6.45) is -0.880. The zero-order valence-corrected chi connectivity index (χ0v) is 12.2. The standard InChI is InChI=1S/C15H14BrFO2/c1-9-5-10(7-11(17)6-9)15(18)13-4-3-12(19-2)8-14(13)16/h3-8,15,18H,1-2H3. The van der Waals surface area contributed by atoms with Gasteiger partial charge < -0.3 is 9.84 Å². The third-order valence-electron chi connectivity index (χ3n) is 2.88.